The summed E-state index contributed by atoms with van der Waals surface area (Å²) in [5.74, 6) is -2.11. The standard InChI is InChI=1S/C12H18F3N3O2/c1-3-9(4-2)18-6-5-8(17-18)7-11(16,10(19)20)12(13,14)15/h5-6,9H,3-4,7,16H2,1-2H3,(H,19,20). The number of halogens is 3. The fourth-order valence-corrected chi connectivity index (χ4v) is 1.92. The van der Waals surface area contributed by atoms with Crippen LogP contribution in [0.3, 0.4) is 0 Å². The lowest BCUT2D eigenvalue weighted by molar-refractivity contribution is -0.201. The third kappa shape index (κ3) is 3.12. The molecule has 0 fully saturated rings. The number of hydrogen-bond acceptors (Lipinski definition) is 3. The Morgan fingerprint density at radius 1 is 1.45 bits per heavy atom. The number of carboxylic acids is 1. The number of rotatable bonds is 6. The number of aromatic nitrogens is 2. The highest BCUT2D eigenvalue weighted by Crippen LogP contribution is 2.31. The predicted molar refractivity (Wildman–Crippen MR) is 66.2 cm³/mol. The molecule has 1 aromatic rings. The van der Waals surface area contributed by atoms with Crippen molar-refractivity contribution < 1.29 is 23.1 Å². The van der Waals surface area contributed by atoms with Crippen LogP contribution in [0.25, 0.3) is 0 Å². The molecular weight excluding hydrogens is 275 g/mol. The van der Waals surface area contributed by atoms with E-state index in [9.17, 15) is 18.0 Å². The molecule has 0 spiro atoms. The van der Waals surface area contributed by atoms with Gasteiger partial charge in [-0.15, -0.1) is 0 Å². The third-order valence-corrected chi connectivity index (χ3v) is 3.33. The monoisotopic (exact) mass is 293 g/mol. The van der Waals surface area contributed by atoms with Gasteiger partial charge in [-0.3, -0.25) is 4.68 Å². The average Bonchev–Trinajstić information content (AvgIpc) is 2.77. The largest absolute Gasteiger partial charge is 0.480 e. The molecule has 1 aromatic heterocycles. The van der Waals surface area contributed by atoms with E-state index in [-0.39, 0.29) is 11.7 Å². The summed E-state index contributed by atoms with van der Waals surface area (Å²) in [4.78, 5) is 10.8. The summed E-state index contributed by atoms with van der Waals surface area (Å²) in [6.07, 6.45) is -2.82. The van der Waals surface area contributed by atoms with Crippen LogP contribution < -0.4 is 5.73 Å². The van der Waals surface area contributed by atoms with E-state index in [0.717, 1.165) is 12.8 Å². The SMILES string of the molecule is CCC(CC)n1ccc(CC(N)(C(=O)O)C(F)(F)F)n1. The second-order valence-electron chi connectivity index (χ2n) is 4.71. The van der Waals surface area contributed by atoms with E-state index in [1.165, 1.54) is 6.07 Å². The van der Waals surface area contributed by atoms with Gasteiger partial charge in [0.25, 0.3) is 0 Å². The Kier molecular flexibility index (Phi) is 4.80. The van der Waals surface area contributed by atoms with Crippen LogP contribution in [-0.4, -0.2) is 32.6 Å². The Balaban J connectivity index is 3.00. The molecule has 0 radical (unpaired) electrons. The molecule has 20 heavy (non-hydrogen) atoms. The number of hydrogen-bond donors (Lipinski definition) is 2. The summed E-state index contributed by atoms with van der Waals surface area (Å²) in [5, 5.41) is 12.8. The first-order valence-corrected chi connectivity index (χ1v) is 6.28. The first kappa shape index (κ1) is 16.5. The molecule has 0 aromatic carbocycles. The minimum atomic E-state index is -5.04. The highest BCUT2D eigenvalue weighted by atomic mass is 19.4. The maximum atomic E-state index is 12.8. The molecule has 1 atom stereocenters. The topological polar surface area (TPSA) is 81.1 Å². The maximum absolute atomic E-state index is 12.8. The van der Waals surface area contributed by atoms with Crippen molar-refractivity contribution in [3.63, 3.8) is 0 Å². The number of alkyl halides is 3. The van der Waals surface area contributed by atoms with Crippen molar-refractivity contribution in [1.29, 1.82) is 0 Å². The van der Waals surface area contributed by atoms with Crippen LogP contribution >= 0.6 is 0 Å². The normalized spacial score (nSPS) is 15.3. The molecule has 0 aliphatic heterocycles. The van der Waals surface area contributed by atoms with Crippen molar-refractivity contribution >= 4 is 5.97 Å². The average molecular weight is 293 g/mol. The summed E-state index contributed by atoms with van der Waals surface area (Å²) >= 11 is 0. The van der Waals surface area contributed by atoms with Crippen molar-refractivity contribution in [2.45, 2.75) is 50.9 Å². The lowest BCUT2D eigenvalue weighted by Crippen LogP contribution is -2.61. The summed E-state index contributed by atoms with van der Waals surface area (Å²) in [7, 11) is 0. The van der Waals surface area contributed by atoms with Crippen LogP contribution in [0.2, 0.25) is 0 Å². The summed E-state index contributed by atoms with van der Waals surface area (Å²) in [6, 6.07) is 1.45. The molecule has 0 amide bonds. The fourth-order valence-electron chi connectivity index (χ4n) is 1.92. The van der Waals surface area contributed by atoms with Crippen molar-refractivity contribution in [3.05, 3.63) is 18.0 Å². The Morgan fingerprint density at radius 3 is 2.40 bits per heavy atom. The first-order chi connectivity index (χ1) is 9.15. The van der Waals surface area contributed by atoms with Crippen molar-refractivity contribution in [2.75, 3.05) is 0 Å². The Bertz CT molecular complexity index is 469. The number of carbonyl (C=O) groups is 1. The molecule has 0 aliphatic rings. The predicted octanol–water partition coefficient (Wildman–Crippen LogP) is 2.13. The number of nitrogens with two attached hydrogens (primary N) is 1. The quantitative estimate of drug-likeness (QED) is 0.842. The van der Waals surface area contributed by atoms with Gasteiger partial charge in [-0.05, 0) is 18.9 Å². The van der Waals surface area contributed by atoms with Crippen LogP contribution in [0, 0.1) is 0 Å². The second kappa shape index (κ2) is 5.82. The molecule has 0 saturated carbocycles. The van der Waals surface area contributed by atoms with Crippen molar-refractivity contribution in [3.8, 4) is 0 Å². The summed E-state index contributed by atoms with van der Waals surface area (Å²) in [6.45, 7) is 3.88. The Labute approximate surface area is 114 Å². The Morgan fingerprint density at radius 2 is 2.00 bits per heavy atom. The van der Waals surface area contributed by atoms with Crippen LogP contribution in [0.15, 0.2) is 12.3 Å². The van der Waals surface area contributed by atoms with Gasteiger partial charge >= 0.3 is 12.1 Å². The van der Waals surface area contributed by atoms with Gasteiger partial charge in [0.05, 0.1) is 11.7 Å². The van der Waals surface area contributed by atoms with E-state index >= 15 is 0 Å². The molecular formula is C12H18F3N3O2. The second-order valence-corrected chi connectivity index (χ2v) is 4.71. The van der Waals surface area contributed by atoms with Gasteiger partial charge in [0.2, 0.25) is 5.54 Å². The summed E-state index contributed by atoms with van der Waals surface area (Å²) in [5.41, 5.74) is 1.72. The van der Waals surface area contributed by atoms with E-state index < -0.39 is 24.1 Å². The van der Waals surface area contributed by atoms with Gasteiger partial charge in [-0.1, -0.05) is 13.8 Å². The highest BCUT2D eigenvalue weighted by Gasteiger charge is 2.58. The lowest BCUT2D eigenvalue weighted by atomic mass is 9.94. The molecule has 0 aliphatic carbocycles. The van der Waals surface area contributed by atoms with Crippen LogP contribution in [0.4, 0.5) is 13.2 Å². The molecule has 1 rings (SSSR count). The minimum Gasteiger partial charge on any atom is -0.480 e. The zero-order valence-electron chi connectivity index (χ0n) is 11.3. The summed E-state index contributed by atoms with van der Waals surface area (Å²) < 4.78 is 39.9. The molecule has 1 unspecified atom stereocenters. The van der Waals surface area contributed by atoms with Gasteiger partial charge in [0, 0.05) is 12.6 Å². The van der Waals surface area contributed by atoms with Gasteiger partial charge in [0.1, 0.15) is 0 Å². The number of nitrogens with zero attached hydrogens (tertiary/aromatic N) is 2. The first-order valence-electron chi connectivity index (χ1n) is 6.28. The molecule has 1 heterocycles. The molecule has 8 heteroatoms. The van der Waals surface area contributed by atoms with Crippen LogP contribution in [0.1, 0.15) is 38.4 Å². The van der Waals surface area contributed by atoms with Crippen molar-refractivity contribution in [2.24, 2.45) is 5.73 Å². The van der Waals surface area contributed by atoms with Gasteiger partial charge < -0.3 is 10.8 Å². The smallest absolute Gasteiger partial charge is 0.417 e. The number of carboxylic acid groups (broad SMARTS) is 1. The molecule has 0 saturated heterocycles. The molecule has 3 N–H and O–H groups in total. The molecule has 114 valence electrons. The van der Waals surface area contributed by atoms with Gasteiger partial charge in [-0.2, -0.15) is 18.3 Å². The molecule has 5 nitrogen and oxygen atoms in total. The fraction of sp³-hybridized carbons (Fsp3) is 0.667. The third-order valence-electron chi connectivity index (χ3n) is 3.33. The van der Waals surface area contributed by atoms with Crippen LogP contribution in [0.5, 0.6) is 0 Å². The van der Waals surface area contributed by atoms with Crippen molar-refractivity contribution in [1.82, 2.24) is 9.78 Å². The number of aliphatic carboxylic acids is 1. The van der Waals surface area contributed by atoms with E-state index in [1.807, 2.05) is 13.8 Å². The van der Waals surface area contributed by atoms with E-state index in [4.69, 9.17) is 10.8 Å². The van der Waals surface area contributed by atoms with E-state index in [2.05, 4.69) is 5.10 Å². The van der Waals surface area contributed by atoms with Gasteiger partial charge in [0.15, 0.2) is 0 Å². The maximum Gasteiger partial charge on any atom is 0.417 e. The Hall–Kier alpha value is -1.57. The minimum absolute atomic E-state index is 0.0131. The zero-order valence-corrected chi connectivity index (χ0v) is 11.3. The van der Waals surface area contributed by atoms with E-state index in [0.29, 0.717) is 0 Å². The zero-order chi connectivity index (χ0) is 15.6. The molecule has 0 bridgehead atoms. The highest BCUT2D eigenvalue weighted by molar-refractivity contribution is 5.80. The van der Waals surface area contributed by atoms with E-state index in [1.54, 1.807) is 10.9 Å². The van der Waals surface area contributed by atoms with Gasteiger partial charge in [-0.25, -0.2) is 4.79 Å². The van der Waals surface area contributed by atoms with Crippen LogP contribution in [-0.2, 0) is 11.2 Å². The lowest BCUT2D eigenvalue weighted by Gasteiger charge is -2.26.